The topological polar surface area (TPSA) is 96.9 Å². The fourth-order valence-corrected chi connectivity index (χ4v) is 2.42. The van der Waals surface area contributed by atoms with Crippen LogP contribution in [0.4, 0.5) is 0 Å². The minimum absolute atomic E-state index is 0.238. The molecule has 114 valence electrons. The number of aromatic nitrogens is 2. The molecule has 1 unspecified atom stereocenters. The Morgan fingerprint density at radius 1 is 1.57 bits per heavy atom. The summed E-state index contributed by atoms with van der Waals surface area (Å²) in [6.07, 6.45) is 2.38. The summed E-state index contributed by atoms with van der Waals surface area (Å²) in [6, 6.07) is 5.25. The molecule has 6 heteroatoms. The smallest absolute Gasteiger partial charge is 0.272 e. The average molecular weight is 290 g/mol. The predicted molar refractivity (Wildman–Crippen MR) is 80.7 cm³/mol. The molecule has 4 N–H and O–H groups in total. The zero-order chi connectivity index (χ0) is 15.5. The Morgan fingerprint density at radius 2 is 2.33 bits per heavy atom. The number of nitrogens with zero attached hydrogens (tertiary/aromatic N) is 1. The largest absolute Gasteiger partial charge is 0.463 e. The maximum absolute atomic E-state index is 12.3. The maximum atomic E-state index is 12.3. The Bertz CT molecular complexity index is 589. The van der Waals surface area contributed by atoms with E-state index in [-0.39, 0.29) is 5.91 Å². The van der Waals surface area contributed by atoms with Crippen molar-refractivity contribution in [3.63, 3.8) is 0 Å². The summed E-state index contributed by atoms with van der Waals surface area (Å²) in [5.74, 6) is 0.847. The van der Waals surface area contributed by atoms with Gasteiger partial charge < -0.3 is 15.5 Å². The monoisotopic (exact) mass is 290 g/mol. The Morgan fingerprint density at radius 3 is 2.90 bits per heavy atom. The normalized spacial score (nSPS) is 14.1. The van der Waals surface area contributed by atoms with Gasteiger partial charge in [-0.15, -0.1) is 0 Å². The van der Waals surface area contributed by atoms with E-state index in [2.05, 4.69) is 29.4 Å². The number of amides is 1. The predicted octanol–water partition coefficient (Wildman–Crippen LogP) is 2.16. The Labute approximate surface area is 124 Å². The van der Waals surface area contributed by atoms with Crippen molar-refractivity contribution in [2.75, 3.05) is 6.54 Å². The van der Waals surface area contributed by atoms with Gasteiger partial charge >= 0.3 is 0 Å². The number of nitrogens with two attached hydrogens (primary N) is 1. The molecule has 1 amide bonds. The molecule has 0 aliphatic rings. The number of carbonyl (C=O) groups is 1. The van der Waals surface area contributed by atoms with Crippen LogP contribution in [0.15, 0.2) is 28.9 Å². The van der Waals surface area contributed by atoms with Crippen LogP contribution < -0.4 is 11.1 Å². The third-order valence-corrected chi connectivity index (χ3v) is 3.32. The van der Waals surface area contributed by atoms with Crippen LogP contribution in [-0.4, -0.2) is 28.2 Å². The van der Waals surface area contributed by atoms with E-state index >= 15 is 0 Å². The highest BCUT2D eigenvalue weighted by atomic mass is 16.3. The van der Waals surface area contributed by atoms with Crippen molar-refractivity contribution in [3.8, 4) is 11.5 Å². The van der Waals surface area contributed by atoms with Crippen LogP contribution in [0.5, 0.6) is 0 Å². The fourth-order valence-electron chi connectivity index (χ4n) is 2.42. The molecular weight excluding hydrogens is 268 g/mol. The standard InChI is InChI=1S/C15H22N4O2/c1-10(2)8-15(3,9-16)17-14(20)12-7-11(18-19-12)13-5-4-6-21-13/h4-7,10H,8-9,16H2,1-3H3,(H,17,20)(H,18,19). The fraction of sp³-hybridized carbons (Fsp3) is 0.467. The third kappa shape index (κ3) is 3.72. The molecule has 6 nitrogen and oxygen atoms in total. The molecule has 0 spiro atoms. The number of carbonyl (C=O) groups excluding carboxylic acids is 1. The van der Waals surface area contributed by atoms with Crippen LogP contribution in [0.2, 0.25) is 0 Å². The summed E-state index contributed by atoms with van der Waals surface area (Å²) in [7, 11) is 0. The molecule has 0 aliphatic heterocycles. The van der Waals surface area contributed by atoms with Gasteiger partial charge in [-0.25, -0.2) is 0 Å². The number of rotatable bonds is 6. The number of hydrogen-bond donors (Lipinski definition) is 3. The van der Waals surface area contributed by atoms with E-state index in [0.717, 1.165) is 6.42 Å². The number of hydrogen-bond acceptors (Lipinski definition) is 4. The highest BCUT2D eigenvalue weighted by Crippen LogP contribution is 2.19. The number of nitrogens with one attached hydrogen (secondary N) is 2. The minimum atomic E-state index is -0.435. The van der Waals surface area contributed by atoms with Crippen LogP contribution in [0.25, 0.3) is 11.5 Å². The van der Waals surface area contributed by atoms with E-state index < -0.39 is 5.54 Å². The Hall–Kier alpha value is -2.08. The lowest BCUT2D eigenvalue weighted by atomic mass is 9.90. The van der Waals surface area contributed by atoms with Gasteiger partial charge in [0.2, 0.25) is 0 Å². The van der Waals surface area contributed by atoms with E-state index in [1.54, 1.807) is 24.5 Å². The molecule has 2 rings (SSSR count). The van der Waals surface area contributed by atoms with Gasteiger partial charge in [0.15, 0.2) is 11.5 Å². The van der Waals surface area contributed by atoms with E-state index in [1.165, 1.54) is 0 Å². The first kappa shape index (κ1) is 15.3. The number of aromatic amines is 1. The zero-order valence-electron chi connectivity index (χ0n) is 12.6. The summed E-state index contributed by atoms with van der Waals surface area (Å²) < 4.78 is 5.26. The van der Waals surface area contributed by atoms with Gasteiger partial charge in [0.25, 0.3) is 5.91 Å². The molecule has 0 fully saturated rings. The molecule has 2 heterocycles. The number of H-pyrrole nitrogens is 1. The first-order valence-corrected chi connectivity index (χ1v) is 7.05. The summed E-state index contributed by atoms with van der Waals surface area (Å²) in [6.45, 7) is 6.53. The zero-order valence-corrected chi connectivity index (χ0v) is 12.6. The third-order valence-electron chi connectivity index (χ3n) is 3.32. The second kappa shape index (κ2) is 6.13. The average Bonchev–Trinajstić information content (AvgIpc) is 3.08. The molecular formula is C15H22N4O2. The van der Waals surface area contributed by atoms with Gasteiger partial charge in [-0.1, -0.05) is 13.8 Å². The highest BCUT2D eigenvalue weighted by Gasteiger charge is 2.27. The Balaban J connectivity index is 2.10. The van der Waals surface area contributed by atoms with E-state index in [1.807, 2.05) is 6.92 Å². The first-order valence-electron chi connectivity index (χ1n) is 7.05. The van der Waals surface area contributed by atoms with Gasteiger partial charge in [0, 0.05) is 12.6 Å². The van der Waals surface area contributed by atoms with Crippen LogP contribution in [0.1, 0.15) is 37.7 Å². The van der Waals surface area contributed by atoms with Crippen molar-refractivity contribution < 1.29 is 9.21 Å². The van der Waals surface area contributed by atoms with E-state index in [0.29, 0.717) is 29.6 Å². The van der Waals surface area contributed by atoms with Crippen molar-refractivity contribution in [2.45, 2.75) is 32.7 Å². The van der Waals surface area contributed by atoms with E-state index in [9.17, 15) is 4.79 Å². The summed E-state index contributed by atoms with van der Waals surface area (Å²) in [5.41, 5.74) is 6.36. The second-order valence-corrected chi connectivity index (χ2v) is 5.96. The van der Waals surface area contributed by atoms with Crippen LogP contribution in [0.3, 0.4) is 0 Å². The first-order chi connectivity index (χ1) is 9.93. The molecule has 2 aromatic rings. The van der Waals surface area contributed by atoms with Crippen molar-refractivity contribution in [3.05, 3.63) is 30.2 Å². The molecule has 0 saturated heterocycles. The quantitative estimate of drug-likeness (QED) is 0.759. The second-order valence-electron chi connectivity index (χ2n) is 5.96. The molecule has 0 bridgehead atoms. The molecule has 0 aromatic carbocycles. The number of furan rings is 1. The van der Waals surface area contributed by atoms with Gasteiger partial charge in [-0.2, -0.15) is 5.10 Å². The molecule has 21 heavy (non-hydrogen) atoms. The van der Waals surface area contributed by atoms with Crippen molar-refractivity contribution >= 4 is 5.91 Å². The van der Waals surface area contributed by atoms with Gasteiger partial charge in [-0.3, -0.25) is 9.89 Å². The van der Waals surface area contributed by atoms with Crippen LogP contribution in [-0.2, 0) is 0 Å². The summed E-state index contributed by atoms with van der Waals surface area (Å²) >= 11 is 0. The maximum Gasteiger partial charge on any atom is 0.272 e. The Kier molecular flexibility index (Phi) is 4.47. The van der Waals surface area contributed by atoms with Gasteiger partial charge in [0.05, 0.1) is 11.8 Å². The lowest BCUT2D eigenvalue weighted by Crippen LogP contribution is -2.52. The van der Waals surface area contributed by atoms with E-state index in [4.69, 9.17) is 10.2 Å². The lowest BCUT2D eigenvalue weighted by molar-refractivity contribution is 0.0893. The molecule has 0 radical (unpaired) electrons. The lowest BCUT2D eigenvalue weighted by Gasteiger charge is -2.30. The van der Waals surface area contributed by atoms with Gasteiger partial charge in [-0.05, 0) is 31.4 Å². The van der Waals surface area contributed by atoms with Crippen LogP contribution >= 0.6 is 0 Å². The summed E-state index contributed by atoms with van der Waals surface area (Å²) in [4.78, 5) is 12.3. The minimum Gasteiger partial charge on any atom is -0.463 e. The SMILES string of the molecule is CC(C)CC(C)(CN)NC(=O)c1cc(-c2ccco2)[nH]n1. The van der Waals surface area contributed by atoms with Gasteiger partial charge in [0.1, 0.15) is 5.69 Å². The molecule has 2 aromatic heterocycles. The van der Waals surface area contributed by atoms with Crippen molar-refractivity contribution in [1.29, 1.82) is 0 Å². The van der Waals surface area contributed by atoms with Crippen molar-refractivity contribution in [1.82, 2.24) is 15.5 Å². The van der Waals surface area contributed by atoms with Crippen molar-refractivity contribution in [2.24, 2.45) is 11.7 Å². The summed E-state index contributed by atoms with van der Waals surface area (Å²) in [5, 5.41) is 9.80. The molecule has 0 saturated carbocycles. The van der Waals surface area contributed by atoms with Crippen LogP contribution in [0, 0.1) is 5.92 Å². The molecule has 1 atom stereocenters. The molecule has 0 aliphatic carbocycles. The highest BCUT2D eigenvalue weighted by molar-refractivity contribution is 5.93.